The average molecular weight is 310 g/mol. The molecule has 0 radical (unpaired) electrons. The Labute approximate surface area is 124 Å². The second-order valence-electron chi connectivity index (χ2n) is 4.24. The van der Waals surface area contributed by atoms with Crippen LogP contribution in [0.3, 0.4) is 0 Å². The van der Waals surface area contributed by atoms with Crippen LogP contribution in [0.2, 0.25) is 0 Å². The summed E-state index contributed by atoms with van der Waals surface area (Å²) in [5.41, 5.74) is 1.66. The Morgan fingerprint density at radius 3 is 1.15 bits per heavy atom. The van der Waals surface area contributed by atoms with Crippen molar-refractivity contribution in [2.24, 2.45) is 0 Å². The van der Waals surface area contributed by atoms with E-state index in [1.807, 2.05) is 0 Å². The molecular formula is C14H14O4S2. The second-order valence-corrected chi connectivity index (χ2v) is 6.70. The molecule has 106 valence electrons. The summed E-state index contributed by atoms with van der Waals surface area (Å²) in [5.74, 6) is 1.45. The summed E-state index contributed by atoms with van der Waals surface area (Å²) in [6, 6.07) is 9.00. The first-order chi connectivity index (χ1) is 9.52. The van der Waals surface area contributed by atoms with E-state index < -0.39 is 0 Å². The van der Waals surface area contributed by atoms with Crippen LogP contribution < -0.4 is 0 Å². The summed E-state index contributed by atoms with van der Waals surface area (Å²) in [4.78, 5) is 0. The number of benzene rings is 2. The zero-order valence-electron chi connectivity index (χ0n) is 10.5. The summed E-state index contributed by atoms with van der Waals surface area (Å²) in [7, 11) is 3.12. The fourth-order valence-electron chi connectivity index (χ4n) is 1.70. The molecule has 0 fully saturated rings. The summed E-state index contributed by atoms with van der Waals surface area (Å²) < 4.78 is 0. The number of aromatic hydroxyl groups is 4. The lowest BCUT2D eigenvalue weighted by molar-refractivity contribution is 0.448. The lowest BCUT2D eigenvalue weighted by atomic mass is 10.2. The van der Waals surface area contributed by atoms with Crippen molar-refractivity contribution < 1.29 is 20.4 Å². The minimum absolute atomic E-state index is 0.0449. The van der Waals surface area contributed by atoms with Gasteiger partial charge in [-0.3, -0.25) is 0 Å². The number of rotatable bonds is 5. The number of hydrogen-bond donors (Lipinski definition) is 4. The normalized spacial score (nSPS) is 10.6. The topological polar surface area (TPSA) is 80.9 Å². The molecule has 0 aliphatic heterocycles. The lowest BCUT2D eigenvalue weighted by Crippen LogP contribution is -1.81. The van der Waals surface area contributed by atoms with Gasteiger partial charge in [0.25, 0.3) is 0 Å². The molecule has 2 aromatic rings. The monoisotopic (exact) mass is 310 g/mol. The maximum atomic E-state index is 9.36. The first-order valence-corrected chi connectivity index (χ1v) is 8.30. The number of phenols is 4. The molecule has 6 heteroatoms. The average Bonchev–Trinajstić information content (AvgIpc) is 2.32. The van der Waals surface area contributed by atoms with Crippen LogP contribution in [0.5, 0.6) is 23.0 Å². The van der Waals surface area contributed by atoms with Crippen LogP contribution in [0.25, 0.3) is 0 Å². The predicted molar refractivity (Wildman–Crippen MR) is 82.1 cm³/mol. The minimum Gasteiger partial charge on any atom is -0.508 e. The van der Waals surface area contributed by atoms with E-state index in [2.05, 4.69) is 0 Å². The molecule has 0 aromatic heterocycles. The minimum atomic E-state index is 0.0449. The molecule has 0 saturated heterocycles. The predicted octanol–water partition coefficient (Wildman–Crippen LogP) is 3.59. The van der Waals surface area contributed by atoms with Gasteiger partial charge in [0.2, 0.25) is 0 Å². The van der Waals surface area contributed by atoms with Crippen LogP contribution in [0.15, 0.2) is 36.4 Å². The molecule has 0 heterocycles. The maximum Gasteiger partial charge on any atom is 0.119 e. The van der Waals surface area contributed by atoms with Crippen LogP contribution in [0, 0.1) is 0 Å². The first kappa shape index (κ1) is 14.7. The van der Waals surface area contributed by atoms with Gasteiger partial charge in [0, 0.05) is 23.6 Å². The summed E-state index contributed by atoms with van der Waals surface area (Å²) in [6.45, 7) is 0. The third kappa shape index (κ3) is 4.47. The van der Waals surface area contributed by atoms with Crippen molar-refractivity contribution in [2.75, 3.05) is 0 Å². The highest BCUT2D eigenvalue weighted by molar-refractivity contribution is 8.76. The highest BCUT2D eigenvalue weighted by Crippen LogP contribution is 2.33. The summed E-state index contributed by atoms with van der Waals surface area (Å²) in [5, 5.41) is 37.4. The van der Waals surface area contributed by atoms with Crippen LogP contribution in [0.1, 0.15) is 11.1 Å². The zero-order valence-corrected chi connectivity index (χ0v) is 12.1. The SMILES string of the molecule is Oc1cc(O)cc(CSSCc2cc(O)cc(O)c2)c1. The Morgan fingerprint density at radius 2 is 0.850 bits per heavy atom. The first-order valence-electron chi connectivity index (χ1n) is 5.81. The van der Waals surface area contributed by atoms with E-state index in [-0.39, 0.29) is 23.0 Å². The van der Waals surface area contributed by atoms with E-state index in [1.54, 1.807) is 45.9 Å². The van der Waals surface area contributed by atoms with Gasteiger partial charge in [0.05, 0.1) is 0 Å². The van der Waals surface area contributed by atoms with E-state index >= 15 is 0 Å². The smallest absolute Gasteiger partial charge is 0.119 e. The fourth-order valence-corrected chi connectivity index (χ4v) is 3.79. The van der Waals surface area contributed by atoms with Crippen molar-refractivity contribution in [2.45, 2.75) is 11.5 Å². The quantitative estimate of drug-likeness (QED) is 0.499. The molecule has 0 atom stereocenters. The second kappa shape index (κ2) is 6.67. The third-order valence-corrected chi connectivity index (χ3v) is 4.74. The molecule has 20 heavy (non-hydrogen) atoms. The Balaban J connectivity index is 1.84. The van der Waals surface area contributed by atoms with Crippen LogP contribution >= 0.6 is 21.6 Å². The van der Waals surface area contributed by atoms with Crippen molar-refractivity contribution in [1.29, 1.82) is 0 Å². The van der Waals surface area contributed by atoms with E-state index in [0.29, 0.717) is 11.5 Å². The van der Waals surface area contributed by atoms with Gasteiger partial charge in [-0.05, 0) is 35.4 Å². The highest BCUT2D eigenvalue weighted by atomic mass is 33.1. The molecular weight excluding hydrogens is 296 g/mol. The molecule has 2 aromatic carbocycles. The van der Waals surface area contributed by atoms with Gasteiger partial charge in [0.15, 0.2) is 0 Å². The molecule has 4 N–H and O–H groups in total. The Hall–Kier alpha value is -1.66. The van der Waals surface area contributed by atoms with Crippen LogP contribution in [-0.2, 0) is 11.5 Å². The molecule has 0 amide bonds. The molecule has 0 aliphatic carbocycles. The van der Waals surface area contributed by atoms with Crippen molar-refractivity contribution in [3.05, 3.63) is 47.5 Å². The number of hydrogen-bond acceptors (Lipinski definition) is 6. The largest absolute Gasteiger partial charge is 0.508 e. The van der Waals surface area contributed by atoms with Crippen LogP contribution in [0.4, 0.5) is 0 Å². The summed E-state index contributed by atoms with van der Waals surface area (Å²) in [6.07, 6.45) is 0. The zero-order chi connectivity index (χ0) is 14.5. The molecule has 4 nitrogen and oxygen atoms in total. The van der Waals surface area contributed by atoms with E-state index in [9.17, 15) is 20.4 Å². The van der Waals surface area contributed by atoms with Gasteiger partial charge in [0.1, 0.15) is 23.0 Å². The van der Waals surface area contributed by atoms with Crippen LogP contribution in [-0.4, -0.2) is 20.4 Å². The third-order valence-electron chi connectivity index (χ3n) is 2.46. The van der Waals surface area contributed by atoms with E-state index in [0.717, 1.165) is 11.1 Å². The fraction of sp³-hybridized carbons (Fsp3) is 0.143. The molecule has 0 unspecified atom stereocenters. The number of phenolic OH excluding ortho intramolecular Hbond substituents is 4. The molecule has 0 bridgehead atoms. The van der Waals surface area contributed by atoms with Crippen molar-refractivity contribution >= 4 is 21.6 Å². The van der Waals surface area contributed by atoms with Gasteiger partial charge < -0.3 is 20.4 Å². The van der Waals surface area contributed by atoms with E-state index in [1.165, 1.54) is 12.1 Å². The van der Waals surface area contributed by atoms with Gasteiger partial charge in [-0.2, -0.15) is 0 Å². The van der Waals surface area contributed by atoms with Crippen molar-refractivity contribution in [1.82, 2.24) is 0 Å². The van der Waals surface area contributed by atoms with Gasteiger partial charge in [-0.1, -0.05) is 21.6 Å². The van der Waals surface area contributed by atoms with Gasteiger partial charge in [-0.15, -0.1) is 0 Å². The lowest BCUT2D eigenvalue weighted by Gasteiger charge is -2.05. The molecule has 0 saturated carbocycles. The summed E-state index contributed by atoms with van der Waals surface area (Å²) >= 11 is 0. The van der Waals surface area contributed by atoms with Crippen molar-refractivity contribution in [3.63, 3.8) is 0 Å². The molecule has 0 spiro atoms. The van der Waals surface area contributed by atoms with Crippen molar-refractivity contribution in [3.8, 4) is 23.0 Å². The standard InChI is InChI=1S/C14H14O4S2/c15-11-1-9(2-12(16)5-11)7-19-20-8-10-3-13(17)6-14(18)4-10/h1-6,15-18H,7-8H2. The molecule has 0 aliphatic rings. The van der Waals surface area contributed by atoms with Gasteiger partial charge in [-0.25, -0.2) is 0 Å². The Morgan fingerprint density at radius 1 is 0.550 bits per heavy atom. The highest BCUT2D eigenvalue weighted by Gasteiger charge is 2.02. The van der Waals surface area contributed by atoms with E-state index in [4.69, 9.17) is 0 Å². The van der Waals surface area contributed by atoms with Gasteiger partial charge >= 0.3 is 0 Å². The maximum absolute atomic E-state index is 9.36. The Kier molecular flexibility index (Phi) is 4.92. The Bertz CT molecular complexity index is 508. The molecule has 2 rings (SSSR count).